The number of likely N-dealkylation sites (N-methyl/N-ethyl adjacent to an activating group) is 1. The molecule has 1 aliphatic rings. The summed E-state index contributed by atoms with van der Waals surface area (Å²) in [5.74, 6) is 0. The molecule has 1 aliphatic heterocycles. The molecule has 0 unspecified atom stereocenters. The lowest BCUT2D eigenvalue weighted by Gasteiger charge is -2.34. The molecule has 3 rings (SSSR count). The van der Waals surface area contributed by atoms with Crippen LogP contribution in [0.25, 0.3) is 10.9 Å². The van der Waals surface area contributed by atoms with E-state index in [0.717, 1.165) is 37.1 Å². The van der Waals surface area contributed by atoms with E-state index in [9.17, 15) is 4.79 Å². The molecule has 94 valence electrons. The van der Waals surface area contributed by atoms with Crippen molar-refractivity contribution < 1.29 is 0 Å². The molecular formula is C14H17N3O. The van der Waals surface area contributed by atoms with Gasteiger partial charge in [-0.1, -0.05) is 6.07 Å². The first-order valence-electron chi connectivity index (χ1n) is 6.29. The molecule has 4 heteroatoms. The summed E-state index contributed by atoms with van der Waals surface area (Å²) in [4.78, 5) is 18.9. The van der Waals surface area contributed by atoms with Crippen LogP contribution in [0.3, 0.4) is 0 Å². The number of H-pyrrole nitrogens is 1. The number of aromatic amines is 1. The third kappa shape index (κ3) is 2.11. The van der Waals surface area contributed by atoms with E-state index in [1.807, 2.05) is 6.07 Å². The molecule has 1 N–H and O–H groups in total. The van der Waals surface area contributed by atoms with Gasteiger partial charge in [0.1, 0.15) is 0 Å². The normalized spacial score (nSPS) is 17.3. The van der Waals surface area contributed by atoms with Crippen LogP contribution in [0.15, 0.2) is 35.1 Å². The van der Waals surface area contributed by atoms with Crippen LogP contribution >= 0.6 is 0 Å². The molecule has 0 atom stereocenters. The van der Waals surface area contributed by atoms with Gasteiger partial charge in [0, 0.05) is 37.9 Å². The molecule has 1 saturated heterocycles. The summed E-state index contributed by atoms with van der Waals surface area (Å²) in [6.45, 7) is 4.25. The zero-order valence-electron chi connectivity index (χ0n) is 10.5. The zero-order valence-corrected chi connectivity index (χ0v) is 10.5. The van der Waals surface area contributed by atoms with Gasteiger partial charge in [-0.15, -0.1) is 0 Å². The Labute approximate surface area is 106 Å². The summed E-state index contributed by atoms with van der Waals surface area (Å²) in [6.07, 6.45) is 0. The van der Waals surface area contributed by atoms with Crippen molar-refractivity contribution in [2.75, 3.05) is 38.1 Å². The van der Waals surface area contributed by atoms with Gasteiger partial charge in [0.25, 0.3) is 0 Å². The summed E-state index contributed by atoms with van der Waals surface area (Å²) >= 11 is 0. The van der Waals surface area contributed by atoms with Crippen molar-refractivity contribution in [2.24, 2.45) is 0 Å². The van der Waals surface area contributed by atoms with Crippen LogP contribution in [0, 0.1) is 0 Å². The van der Waals surface area contributed by atoms with Crippen LogP contribution < -0.4 is 10.5 Å². The second-order valence-electron chi connectivity index (χ2n) is 4.88. The van der Waals surface area contributed by atoms with Crippen molar-refractivity contribution in [3.05, 3.63) is 40.7 Å². The number of hydrogen-bond donors (Lipinski definition) is 1. The second kappa shape index (κ2) is 4.46. The highest BCUT2D eigenvalue weighted by Gasteiger charge is 2.14. The predicted molar refractivity (Wildman–Crippen MR) is 74.3 cm³/mol. The minimum Gasteiger partial charge on any atom is -0.369 e. The average molecular weight is 243 g/mol. The number of benzene rings is 1. The molecule has 2 heterocycles. The number of nitrogens with one attached hydrogen (secondary N) is 1. The third-order valence-corrected chi connectivity index (χ3v) is 3.58. The topological polar surface area (TPSA) is 39.3 Å². The van der Waals surface area contributed by atoms with Crippen LogP contribution in [-0.4, -0.2) is 43.1 Å². The van der Waals surface area contributed by atoms with Crippen molar-refractivity contribution in [3.63, 3.8) is 0 Å². The number of hydrogen-bond acceptors (Lipinski definition) is 3. The quantitative estimate of drug-likeness (QED) is 0.820. The summed E-state index contributed by atoms with van der Waals surface area (Å²) in [5.41, 5.74) is 2.06. The van der Waals surface area contributed by atoms with E-state index in [4.69, 9.17) is 0 Å². The maximum atomic E-state index is 11.3. The fraction of sp³-hybridized carbons (Fsp3) is 0.357. The Morgan fingerprint density at radius 3 is 2.56 bits per heavy atom. The zero-order chi connectivity index (χ0) is 12.5. The molecule has 1 aromatic carbocycles. The SMILES string of the molecule is CN1CCN(c2ccc3ccc(=O)[nH]c3c2)CC1. The fourth-order valence-corrected chi connectivity index (χ4v) is 2.40. The van der Waals surface area contributed by atoms with Gasteiger partial charge in [0.15, 0.2) is 0 Å². The number of nitrogens with zero attached hydrogens (tertiary/aromatic N) is 2. The minimum absolute atomic E-state index is 0.0435. The first kappa shape index (κ1) is 11.3. The fourth-order valence-electron chi connectivity index (χ4n) is 2.40. The van der Waals surface area contributed by atoms with Crippen LogP contribution in [0.5, 0.6) is 0 Å². The summed E-state index contributed by atoms with van der Waals surface area (Å²) in [6, 6.07) is 9.70. The number of rotatable bonds is 1. The molecule has 0 aliphatic carbocycles. The molecule has 0 spiro atoms. The molecule has 2 aromatic rings. The van der Waals surface area contributed by atoms with Crippen LogP contribution in [-0.2, 0) is 0 Å². The molecule has 0 radical (unpaired) electrons. The van der Waals surface area contributed by atoms with Crippen molar-refractivity contribution in [2.45, 2.75) is 0 Å². The molecule has 4 nitrogen and oxygen atoms in total. The summed E-state index contributed by atoms with van der Waals surface area (Å²) < 4.78 is 0. The Hall–Kier alpha value is -1.81. The Bertz CT molecular complexity index is 612. The lowest BCUT2D eigenvalue weighted by atomic mass is 10.2. The van der Waals surface area contributed by atoms with Crippen molar-refractivity contribution >= 4 is 16.6 Å². The summed E-state index contributed by atoms with van der Waals surface area (Å²) in [7, 11) is 2.15. The molecular weight excluding hydrogens is 226 g/mol. The standard InChI is InChI=1S/C14H17N3O/c1-16-6-8-17(9-7-16)12-4-2-11-3-5-14(18)15-13(11)10-12/h2-5,10H,6-9H2,1H3,(H,15,18). The van der Waals surface area contributed by atoms with E-state index < -0.39 is 0 Å². The maximum Gasteiger partial charge on any atom is 0.248 e. The molecule has 1 fully saturated rings. The highest BCUT2D eigenvalue weighted by Crippen LogP contribution is 2.20. The number of piperazine rings is 1. The molecule has 18 heavy (non-hydrogen) atoms. The Morgan fingerprint density at radius 2 is 1.78 bits per heavy atom. The molecule has 0 bridgehead atoms. The van der Waals surface area contributed by atoms with Gasteiger partial charge >= 0.3 is 0 Å². The van der Waals surface area contributed by atoms with Gasteiger partial charge in [0.05, 0.1) is 5.52 Å². The Balaban J connectivity index is 1.95. The van der Waals surface area contributed by atoms with Crippen molar-refractivity contribution in [1.29, 1.82) is 0 Å². The van der Waals surface area contributed by atoms with Crippen LogP contribution in [0.1, 0.15) is 0 Å². The highest BCUT2D eigenvalue weighted by atomic mass is 16.1. The molecule has 0 saturated carbocycles. The van der Waals surface area contributed by atoms with Gasteiger partial charge in [-0.2, -0.15) is 0 Å². The number of fused-ring (bicyclic) bond motifs is 1. The van der Waals surface area contributed by atoms with Gasteiger partial charge in [0.2, 0.25) is 5.56 Å². The average Bonchev–Trinajstić information content (AvgIpc) is 2.38. The monoisotopic (exact) mass is 243 g/mol. The third-order valence-electron chi connectivity index (χ3n) is 3.58. The summed E-state index contributed by atoms with van der Waals surface area (Å²) in [5, 5.41) is 1.08. The highest BCUT2D eigenvalue weighted by molar-refractivity contribution is 5.82. The lowest BCUT2D eigenvalue weighted by Crippen LogP contribution is -2.44. The predicted octanol–water partition coefficient (Wildman–Crippen LogP) is 1.28. The minimum atomic E-state index is -0.0435. The van der Waals surface area contributed by atoms with E-state index >= 15 is 0 Å². The van der Waals surface area contributed by atoms with E-state index in [0.29, 0.717) is 0 Å². The van der Waals surface area contributed by atoms with Crippen molar-refractivity contribution in [3.8, 4) is 0 Å². The molecule has 1 aromatic heterocycles. The van der Waals surface area contributed by atoms with Gasteiger partial charge in [-0.25, -0.2) is 0 Å². The van der Waals surface area contributed by atoms with Crippen molar-refractivity contribution in [1.82, 2.24) is 9.88 Å². The first-order valence-corrected chi connectivity index (χ1v) is 6.29. The van der Waals surface area contributed by atoms with Gasteiger partial charge in [-0.3, -0.25) is 4.79 Å². The number of pyridine rings is 1. The lowest BCUT2D eigenvalue weighted by molar-refractivity contribution is 0.313. The Morgan fingerprint density at radius 1 is 1.06 bits per heavy atom. The van der Waals surface area contributed by atoms with Crippen LogP contribution in [0.2, 0.25) is 0 Å². The van der Waals surface area contributed by atoms with E-state index in [-0.39, 0.29) is 5.56 Å². The van der Waals surface area contributed by atoms with Gasteiger partial charge < -0.3 is 14.8 Å². The maximum absolute atomic E-state index is 11.3. The van der Waals surface area contributed by atoms with Gasteiger partial charge in [-0.05, 0) is 30.6 Å². The molecule has 0 amide bonds. The largest absolute Gasteiger partial charge is 0.369 e. The Kier molecular flexibility index (Phi) is 2.80. The first-order chi connectivity index (χ1) is 8.72. The van der Waals surface area contributed by atoms with E-state index in [1.165, 1.54) is 5.69 Å². The van der Waals surface area contributed by atoms with Crippen LogP contribution in [0.4, 0.5) is 5.69 Å². The number of anilines is 1. The van der Waals surface area contributed by atoms with E-state index in [2.05, 4.69) is 40.0 Å². The smallest absolute Gasteiger partial charge is 0.248 e. The number of aromatic nitrogens is 1. The van der Waals surface area contributed by atoms with E-state index in [1.54, 1.807) is 6.07 Å². The second-order valence-corrected chi connectivity index (χ2v) is 4.88.